The minimum atomic E-state index is 0.739. The van der Waals surface area contributed by atoms with Gasteiger partial charge in [-0.3, -0.25) is 0 Å². The summed E-state index contributed by atoms with van der Waals surface area (Å²) in [6.07, 6.45) is 0. The number of nitrogens with zero attached hydrogens (tertiary/aromatic N) is 3. The molecule has 3 nitrogen and oxygen atoms in total. The van der Waals surface area contributed by atoms with Crippen LogP contribution in [0.4, 0.5) is 0 Å². The highest BCUT2D eigenvalue weighted by atomic mass is 32.1. The number of rotatable bonds is 5. The normalized spacial score (nSPS) is 11.6. The highest BCUT2D eigenvalue weighted by Gasteiger charge is 2.21. The Bertz CT molecular complexity index is 2850. The number of thiophene rings is 1. The van der Waals surface area contributed by atoms with Gasteiger partial charge >= 0.3 is 0 Å². The van der Waals surface area contributed by atoms with Crippen LogP contribution in [0.25, 0.3) is 92.7 Å². The van der Waals surface area contributed by atoms with E-state index in [4.69, 9.17) is 9.97 Å². The molecule has 0 N–H and O–H groups in total. The van der Waals surface area contributed by atoms with Crippen molar-refractivity contribution in [2.45, 2.75) is 0 Å². The molecule has 0 aliphatic carbocycles. The van der Waals surface area contributed by atoms with E-state index >= 15 is 0 Å². The molecule has 234 valence electrons. The van der Waals surface area contributed by atoms with E-state index in [1.54, 1.807) is 11.3 Å². The van der Waals surface area contributed by atoms with Crippen LogP contribution in [0.5, 0.6) is 0 Å². The summed E-state index contributed by atoms with van der Waals surface area (Å²) in [5.41, 5.74) is 12.3. The highest BCUT2D eigenvalue weighted by Crippen LogP contribution is 2.44. The Morgan fingerprint density at radius 1 is 0.440 bits per heavy atom. The third-order valence-corrected chi connectivity index (χ3v) is 10.8. The van der Waals surface area contributed by atoms with E-state index in [-0.39, 0.29) is 0 Å². The molecule has 0 saturated carbocycles. The number of fused-ring (bicyclic) bond motifs is 6. The van der Waals surface area contributed by atoms with E-state index < -0.39 is 0 Å². The van der Waals surface area contributed by atoms with Gasteiger partial charge in [0, 0.05) is 37.7 Å². The summed E-state index contributed by atoms with van der Waals surface area (Å²) in [6.45, 7) is 0. The van der Waals surface area contributed by atoms with Gasteiger partial charge in [0.25, 0.3) is 0 Å². The molecule has 7 aromatic carbocycles. The summed E-state index contributed by atoms with van der Waals surface area (Å²) in [5.74, 6) is 0.739. The second kappa shape index (κ2) is 11.7. The van der Waals surface area contributed by atoms with Crippen molar-refractivity contribution in [3.63, 3.8) is 0 Å². The van der Waals surface area contributed by atoms with Gasteiger partial charge in [-0.25, -0.2) is 9.97 Å². The van der Waals surface area contributed by atoms with Crippen LogP contribution >= 0.6 is 11.3 Å². The van der Waals surface area contributed by atoms with Gasteiger partial charge in [-0.15, -0.1) is 11.3 Å². The van der Waals surface area contributed by atoms with Crippen molar-refractivity contribution in [3.8, 4) is 50.6 Å². The first-order valence-corrected chi connectivity index (χ1v) is 17.7. The number of para-hydroxylation sites is 1. The molecule has 0 aliphatic rings. The van der Waals surface area contributed by atoms with Crippen LogP contribution in [0.2, 0.25) is 0 Å². The Labute approximate surface area is 293 Å². The molecule has 0 amide bonds. The van der Waals surface area contributed by atoms with Gasteiger partial charge in [-0.2, -0.15) is 0 Å². The minimum absolute atomic E-state index is 0.739. The molecule has 0 atom stereocenters. The fourth-order valence-corrected chi connectivity index (χ4v) is 8.55. The van der Waals surface area contributed by atoms with Crippen molar-refractivity contribution in [1.82, 2.24) is 14.5 Å². The number of hydrogen-bond acceptors (Lipinski definition) is 3. The summed E-state index contributed by atoms with van der Waals surface area (Å²) >= 11 is 1.77. The number of benzene rings is 7. The van der Waals surface area contributed by atoms with Gasteiger partial charge in [0.1, 0.15) is 0 Å². The van der Waals surface area contributed by atoms with Crippen LogP contribution in [0, 0.1) is 0 Å². The van der Waals surface area contributed by atoms with E-state index in [0.717, 1.165) is 49.5 Å². The van der Waals surface area contributed by atoms with Crippen molar-refractivity contribution < 1.29 is 0 Å². The predicted octanol–water partition coefficient (Wildman–Crippen LogP) is 12.6. The molecule has 3 heterocycles. The monoisotopic (exact) mass is 655 g/mol. The van der Waals surface area contributed by atoms with Gasteiger partial charge < -0.3 is 4.57 Å². The van der Waals surface area contributed by atoms with Crippen LogP contribution in [-0.2, 0) is 0 Å². The Morgan fingerprint density at radius 2 is 1.00 bits per heavy atom. The zero-order valence-electron chi connectivity index (χ0n) is 27.0. The molecule has 0 unspecified atom stereocenters. The molecular formula is C46H29N3S. The summed E-state index contributed by atoms with van der Waals surface area (Å²) in [6, 6.07) is 62.5. The van der Waals surface area contributed by atoms with E-state index in [9.17, 15) is 0 Å². The van der Waals surface area contributed by atoms with Crippen molar-refractivity contribution in [2.24, 2.45) is 0 Å². The SMILES string of the molecule is c1ccc(-c2nc(-c3cccc(-c4cccc5c4c4c(-c6ccccc6)cccc4n5-c4ccccc4)c3)c3sc4ccccc4c3n2)cc1. The Hall–Kier alpha value is -6.36. The van der Waals surface area contributed by atoms with Crippen molar-refractivity contribution in [2.75, 3.05) is 0 Å². The quantitative estimate of drug-likeness (QED) is 0.185. The Balaban J connectivity index is 1.25. The number of aromatic nitrogens is 3. The molecule has 3 aromatic heterocycles. The van der Waals surface area contributed by atoms with E-state index in [2.05, 4.69) is 162 Å². The molecule has 50 heavy (non-hydrogen) atoms. The number of hydrogen-bond donors (Lipinski definition) is 0. The van der Waals surface area contributed by atoms with Gasteiger partial charge in [0.2, 0.25) is 0 Å². The molecule has 10 rings (SSSR count). The smallest absolute Gasteiger partial charge is 0.160 e. The zero-order valence-corrected chi connectivity index (χ0v) is 27.8. The third kappa shape index (κ3) is 4.57. The maximum atomic E-state index is 5.28. The van der Waals surface area contributed by atoms with Crippen molar-refractivity contribution in [3.05, 3.63) is 176 Å². The van der Waals surface area contributed by atoms with Gasteiger partial charge in [0.15, 0.2) is 5.82 Å². The fraction of sp³-hybridized carbons (Fsp3) is 0. The van der Waals surface area contributed by atoms with Crippen LogP contribution in [0.15, 0.2) is 176 Å². The lowest BCUT2D eigenvalue weighted by Gasteiger charge is -2.11. The molecular weight excluding hydrogens is 627 g/mol. The Morgan fingerprint density at radius 3 is 1.72 bits per heavy atom. The highest BCUT2D eigenvalue weighted by molar-refractivity contribution is 7.26. The second-order valence-electron chi connectivity index (χ2n) is 12.6. The summed E-state index contributed by atoms with van der Waals surface area (Å²) < 4.78 is 4.72. The van der Waals surface area contributed by atoms with E-state index in [1.807, 2.05) is 18.2 Å². The first-order chi connectivity index (χ1) is 24.8. The second-order valence-corrected chi connectivity index (χ2v) is 13.6. The molecule has 0 aliphatic heterocycles. The molecule has 10 aromatic rings. The fourth-order valence-electron chi connectivity index (χ4n) is 7.40. The summed E-state index contributed by atoms with van der Waals surface area (Å²) in [5, 5.41) is 3.65. The van der Waals surface area contributed by atoms with Crippen molar-refractivity contribution >= 4 is 53.4 Å². The maximum absolute atomic E-state index is 5.28. The van der Waals surface area contributed by atoms with E-state index in [0.29, 0.717) is 0 Å². The van der Waals surface area contributed by atoms with Crippen LogP contribution < -0.4 is 0 Å². The van der Waals surface area contributed by atoms with Crippen molar-refractivity contribution in [1.29, 1.82) is 0 Å². The average Bonchev–Trinajstić information content (AvgIpc) is 3.75. The molecule has 4 heteroatoms. The predicted molar refractivity (Wildman–Crippen MR) is 211 cm³/mol. The largest absolute Gasteiger partial charge is 0.309 e. The zero-order chi connectivity index (χ0) is 33.0. The standard InChI is InChI=1S/C46H29N3S/c1-4-15-30(16-5-1)35-24-13-26-38-41(35)42-36(25-14-27-39(42)49(38)34-21-8-3-9-22-34)32-19-12-20-33(29-32)43-45-44(37-23-10-11-28-40(37)50-45)48-46(47-43)31-17-6-2-7-18-31/h1-29H. The molecule has 0 bridgehead atoms. The maximum Gasteiger partial charge on any atom is 0.160 e. The first kappa shape index (κ1) is 28.6. The minimum Gasteiger partial charge on any atom is -0.309 e. The lowest BCUT2D eigenvalue weighted by Crippen LogP contribution is -1.94. The van der Waals surface area contributed by atoms with Crippen LogP contribution in [-0.4, -0.2) is 14.5 Å². The summed E-state index contributed by atoms with van der Waals surface area (Å²) in [7, 11) is 0. The molecule has 0 saturated heterocycles. The van der Waals surface area contributed by atoms with Gasteiger partial charge in [-0.05, 0) is 58.7 Å². The molecule has 0 spiro atoms. The Kier molecular flexibility index (Phi) is 6.68. The molecule has 0 fully saturated rings. The topological polar surface area (TPSA) is 30.7 Å². The van der Waals surface area contributed by atoms with Gasteiger partial charge in [0.05, 0.1) is 26.9 Å². The lowest BCUT2D eigenvalue weighted by atomic mass is 9.94. The third-order valence-electron chi connectivity index (χ3n) is 9.61. The first-order valence-electron chi connectivity index (χ1n) is 16.8. The average molecular weight is 656 g/mol. The summed E-state index contributed by atoms with van der Waals surface area (Å²) in [4.78, 5) is 10.4. The molecule has 0 radical (unpaired) electrons. The lowest BCUT2D eigenvalue weighted by molar-refractivity contribution is 1.18. The van der Waals surface area contributed by atoms with E-state index in [1.165, 1.54) is 43.2 Å². The van der Waals surface area contributed by atoms with Crippen LogP contribution in [0.1, 0.15) is 0 Å². The van der Waals surface area contributed by atoms with Gasteiger partial charge in [-0.1, -0.05) is 140 Å². The van der Waals surface area contributed by atoms with Crippen LogP contribution in [0.3, 0.4) is 0 Å².